The third-order valence-corrected chi connectivity index (χ3v) is 9.09. The van der Waals surface area contributed by atoms with Crippen LogP contribution in [0.25, 0.3) is 10.8 Å². The number of carbonyl (C=O) groups is 1. The van der Waals surface area contributed by atoms with Gasteiger partial charge < -0.3 is 9.80 Å². The molecule has 3 heterocycles. The number of piperidine rings is 1. The van der Waals surface area contributed by atoms with Crippen LogP contribution in [0.4, 0.5) is 0 Å². The largest absolute Gasteiger partial charge is 0.338 e. The van der Waals surface area contributed by atoms with Crippen molar-refractivity contribution >= 4 is 39.6 Å². The maximum atomic E-state index is 13.7. The number of hydrogen-bond acceptors (Lipinski definition) is 3. The van der Waals surface area contributed by atoms with Crippen molar-refractivity contribution in [2.45, 2.75) is 24.7 Å². The Morgan fingerprint density at radius 2 is 1.67 bits per heavy atom. The van der Waals surface area contributed by atoms with E-state index in [1.807, 2.05) is 36.4 Å². The Labute approximate surface area is 222 Å². The molecule has 0 saturated carbocycles. The first kappa shape index (κ1) is 23.7. The standard InChI is InChI=1S/C31H31ClN2OS/c32-27-10-8-22(9-11-27)23-12-15-33(16-13-23)18-26-19-34(20-30(26)25-14-17-36-21-25)31(35)29-7-3-5-24-4-1-2-6-28(24)29/h1-11,14,17,21,23,26,30H,12-13,15-16,18-20H2. The molecule has 1 aromatic heterocycles. The molecule has 1 amide bonds. The van der Waals surface area contributed by atoms with Crippen LogP contribution in [0.15, 0.2) is 83.6 Å². The minimum Gasteiger partial charge on any atom is -0.338 e. The number of nitrogens with zero attached hydrogens (tertiary/aromatic N) is 2. The lowest BCUT2D eigenvalue weighted by molar-refractivity contribution is 0.0783. The number of thiophene rings is 1. The number of carbonyl (C=O) groups excluding carboxylic acids is 1. The van der Waals surface area contributed by atoms with Gasteiger partial charge in [-0.1, -0.05) is 60.1 Å². The summed E-state index contributed by atoms with van der Waals surface area (Å²) >= 11 is 7.85. The summed E-state index contributed by atoms with van der Waals surface area (Å²) in [6.07, 6.45) is 2.35. The fourth-order valence-electron chi connectivity index (χ4n) is 6.18. The zero-order valence-corrected chi connectivity index (χ0v) is 21.9. The quantitative estimate of drug-likeness (QED) is 0.279. The molecule has 2 unspecified atom stereocenters. The number of likely N-dealkylation sites (tertiary alicyclic amines) is 2. The van der Waals surface area contributed by atoms with Gasteiger partial charge in [-0.05, 0) is 94.7 Å². The van der Waals surface area contributed by atoms with Crippen molar-refractivity contribution in [2.24, 2.45) is 5.92 Å². The van der Waals surface area contributed by atoms with E-state index in [9.17, 15) is 4.79 Å². The van der Waals surface area contributed by atoms with E-state index >= 15 is 0 Å². The number of amides is 1. The Hall–Kier alpha value is -2.66. The lowest BCUT2D eigenvalue weighted by Gasteiger charge is -2.34. The van der Waals surface area contributed by atoms with Gasteiger partial charge in [0.2, 0.25) is 0 Å². The fraction of sp³-hybridized carbons (Fsp3) is 0.323. The van der Waals surface area contributed by atoms with Crippen LogP contribution >= 0.6 is 22.9 Å². The number of rotatable bonds is 5. The van der Waals surface area contributed by atoms with E-state index in [2.05, 4.69) is 57.0 Å². The summed E-state index contributed by atoms with van der Waals surface area (Å²) in [7, 11) is 0. The van der Waals surface area contributed by atoms with Gasteiger partial charge in [0.1, 0.15) is 0 Å². The molecule has 4 aromatic rings. The predicted molar refractivity (Wildman–Crippen MR) is 150 cm³/mol. The van der Waals surface area contributed by atoms with Crippen molar-refractivity contribution in [2.75, 3.05) is 32.7 Å². The SMILES string of the molecule is O=C(c1cccc2ccccc12)N1CC(CN2CCC(c3ccc(Cl)cc3)CC2)C(c2ccsc2)C1. The highest BCUT2D eigenvalue weighted by Crippen LogP contribution is 2.37. The average Bonchev–Trinajstić information content (AvgIpc) is 3.59. The molecule has 5 heteroatoms. The fourth-order valence-corrected chi connectivity index (χ4v) is 7.03. The highest BCUT2D eigenvalue weighted by atomic mass is 35.5. The molecule has 2 saturated heterocycles. The second-order valence-electron chi connectivity index (χ2n) is 10.3. The van der Waals surface area contributed by atoms with Crippen LogP contribution in [0.5, 0.6) is 0 Å². The van der Waals surface area contributed by atoms with Crippen LogP contribution in [0, 0.1) is 5.92 Å². The van der Waals surface area contributed by atoms with E-state index in [4.69, 9.17) is 11.6 Å². The third-order valence-electron chi connectivity index (χ3n) is 8.14. The van der Waals surface area contributed by atoms with Crippen molar-refractivity contribution in [3.05, 3.63) is 105 Å². The van der Waals surface area contributed by atoms with Gasteiger partial charge in [-0.3, -0.25) is 4.79 Å². The van der Waals surface area contributed by atoms with Gasteiger partial charge in [-0.15, -0.1) is 0 Å². The summed E-state index contributed by atoms with van der Waals surface area (Å²) in [5.74, 6) is 1.62. The lowest BCUT2D eigenvalue weighted by Crippen LogP contribution is -2.38. The van der Waals surface area contributed by atoms with Gasteiger partial charge in [-0.2, -0.15) is 11.3 Å². The summed E-state index contributed by atoms with van der Waals surface area (Å²) in [6.45, 7) is 4.88. The summed E-state index contributed by atoms with van der Waals surface area (Å²) in [4.78, 5) is 18.5. The molecular weight excluding hydrogens is 484 g/mol. The summed E-state index contributed by atoms with van der Waals surface area (Å²) in [6, 6.07) is 24.9. The molecule has 3 nitrogen and oxygen atoms in total. The molecule has 6 rings (SSSR count). The summed E-state index contributed by atoms with van der Waals surface area (Å²) in [5, 5.41) is 7.41. The molecule has 0 N–H and O–H groups in total. The Morgan fingerprint density at radius 3 is 2.44 bits per heavy atom. The maximum absolute atomic E-state index is 13.7. The third kappa shape index (κ3) is 4.82. The zero-order chi connectivity index (χ0) is 24.5. The minimum absolute atomic E-state index is 0.163. The van der Waals surface area contributed by atoms with Crippen LogP contribution in [-0.2, 0) is 0 Å². The Bertz CT molecular complexity index is 1320. The highest BCUT2D eigenvalue weighted by Gasteiger charge is 2.38. The first-order valence-corrected chi connectivity index (χ1v) is 14.2. The maximum Gasteiger partial charge on any atom is 0.254 e. The van der Waals surface area contributed by atoms with E-state index in [1.165, 1.54) is 24.0 Å². The van der Waals surface area contributed by atoms with Crippen molar-refractivity contribution in [1.29, 1.82) is 0 Å². The average molecular weight is 515 g/mol. The number of halogens is 1. The van der Waals surface area contributed by atoms with E-state index in [1.54, 1.807) is 11.3 Å². The predicted octanol–water partition coefficient (Wildman–Crippen LogP) is 7.29. The van der Waals surface area contributed by atoms with Crippen LogP contribution in [0.3, 0.4) is 0 Å². The van der Waals surface area contributed by atoms with Crippen LogP contribution in [0.1, 0.15) is 46.2 Å². The molecule has 2 aliphatic heterocycles. The number of benzene rings is 3. The Morgan fingerprint density at radius 1 is 0.889 bits per heavy atom. The van der Waals surface area contributed by atoms with Crippen molar-refractivity contribution < 1.29 is 4.79 Å². The monoisotopic (exact) mass is 514 g/mol. The van der Waals surface area contributed by atoms with Gasteiger partial charge in [0.15, 0.2) is 0 Å². The molecule has 0 spiro atoms. The van der Waals surface area contributed by atoms with Gasteiger partial charge in [0.25, 0.3) is 5.91 Å². The van der Waals surface area contributed by atoms with Crippen molar-refractivity contribution in [1.82, 2.24) is 9.80 Å². The van der Waals surface area contributed by atoms with Crippen LogP contribution in [0.2, 0.25) is 5.02 Å². The van der Waals surface area contributed by atoms with Gasteiger partial charge in [-0.25, -0.2) is 0 Å². The lowest BCUT2D eigenvalue weighted by atomic mass is 9.87. The normalized spacial score (nSPS) is 21.3. The molecule has 0 radical (unpaired) electrons. The van der Waals surface area contributed by atoms with Crippen molar-refractivity contribution in [3.63, 3.8) is 0 Å². The van der Waals surface area contributed by atoms with Crippen molar-refractivity contribution in [3.8, 4) is 0 Å². The highest BCUT2D eigenvalue weighted by molar-refractivity contribution is 7.08. The molecule has 2 atom stereocenters. The number of fused-ring (bicyclic) bond motifs is 1. The molecule has 0 bridgehead atoms. The molecule has 0 aliphatic carbocycles. The second-order valence-corrected chi connectivity index (χ2v) is 11.5. The minimum atomic E-state index is 0.163. The smallest absolute Gasteiger partial charge is 0.254 e. The molecule has 36 heavy (non-hydrogen) atoms. The van der Waals surface area contributed by atoms with E-state index in [0.717, 1.165) is 54.1 Å². The van der Waals surface area contributed by atoms with Gasteiger partial charge in [0.05, 0.1) is 0 Å². The summed E-state index contributed by atoms with van der Waals surface area (Å²) in [5.41, 5.74) is 3.61. The van der Waals surface area contributed by atoms with E-state index in [-0.39, 0.29) is 5.91 Å². The van der Waals surface area contributed by atoms with E-state index < -0.39 is 0 Å². The molecule has 2 aliphatic rings. The first-order valence-electron chi connectivity index (χ1n) is 12.9. The number of hydrogen-bond donors (Lipinski definition) is 0. The van der Waals surface area contributed by atoms with Crippen LogP contribution in [-0.4, -0.2) is 48.4 Å². The molecular formula is C31H31ClN2OS. The second kappa shape index (κ2) is 10.4. The topological polar surface area (TPSA) is 23.6 Å². The summed E-state index contributed by atoms with van der Waals surface area (Å²) < 4.78 is 0. The Balaban J connectivity index is 1.17. The molecule has 184 valence electrons. The zero-order valence-electron chi connectivity index (χ0n) is 20.4. The van der Waals surface area contributed by atoms with E-state index in [0.29, 0.717) is 17.8 Å². The van der Waals surface area contributed by atoms with Gasteiger partial charge in [0, 0.05) is 36.1 Å². The first-order chi connectivity index (χ1) is 17.7. The van der Waals surface area contributed by atoms with Crippen LogP contribution < -0.4 is 0 Å². The molecule has 3 aromatic carbocycles. The van der Waals surface area contributed by atoms with Gasteiger partial charge >= 0.3 is 0 Å². The molecule has 2 fully saturated rings. The Kier molecular flexibility index (Phi) is 6.83.